The van der Waals surface area contributed by atoms with E-state index in [4.69, 9.17) is 10.8 Å². The molecular formula is C14H24N2O. The third kappa shape index (κ3) is 5.31. The second kappa shape index (κ2) is 8.23. The minimum atomic E-state index is 0.0919. The van der Waals surface area contributed by atoms with E-state index in [9.17, 15) is 0 Å². The first-order chi connectivity index (χ1) is 8.27. The van der Waals surface area contributed by atoms with E-state index in [1.165, 1.54) is 5.56 Å². The fourth-order valence-corrected chi connectivity index (χ4v) is 1.98. The summed E-state index contributed by atoms with van der Waals surface area (Å²) in [6.45, 7) is 5.10. The standard InChI is InChI=1S/C14H24N2O/c1-2-9-16(11-12-17)10-8-14(15)13-6-4-3-5-7-13/h3-7,14,17H,2,8-12,15H2,1H3. The second-order valence-electron chi connectivity index (χ2n) is 4.37. The Kier molecular flexibility index (Phi) is 6.86. The van der Waals surface area contributed by atoms with Gasteiger partial charge in [-0.1, -0.05) is 37.3 Å². The van der Waals surface area contributed by atoms with Crippen LogP contribution in [0, 0.1) is 0 Å². The highest BCUT2D eigenvalue weighted by Crippen LogP contribution is 2.13. The van der Waals surface area contributed by atoms with Crippen molar-refractivity contribution in [1.82, 2.24) is 4.90 Å². The molecule has 0 spiro atoms. The highest BCUT2D eigenvalue weighted by Gasteiger charge is 2.08. The van der Waals surface area contributed by atoms with Crippen LogP contribution < -0.4 is 5.73 Å². The van der Waals surface area contributed by atoms with Crippen molar-refractivity contribution in [2.24, 2.45) is 5.73 Å². The van der Waals surface area contributed by atoms with E-state index in [-0.39, 0.29) is 12.6 Å². The van der Waals surface area contributed by atoms with Gasteiger partial charge in [0.25, 0.3) is 0 Å². The molecule has 0 saturated heterocycles. The Morgan fingerprint density at radius 1 is 1.18 bits per heavy atom. The summed E-state index contributed by atoms with van der Waals surface area (Å²) >= 11 is 0. The van der Waals surface area contributed by atoms with Gasteiger partial charge in [0.05, 0.1) is 6.61 Å². The number of benzene rings is 1. The van der Waals surface area contributed by atoms with Gasteiger partial charge >= 0.3 is 0 Å². The van der Waals surface area contributed by atoms with E-state index >= 15 is 0 Å². The molecule has 3 N–H and O–H groups in total. The summed E-state index contributed by atoms with van der Waals surface area (Å²) in [5, 5.41) is 8.97. The van der Waals surface area contributed by atoms with Gasteiger partial charge in [-0.3, -0.25) is 0 Å². The van der Waals surface area contributed by atoms with E-state index in [0.29, 0.717) is 0 Å². The van der Waals surface area contributed by atoms with Gasteiger partial charge < -0.3 is 15.7 Å². The topological polar surface area (TPSA) is 49.5 Å². The number of nitrogens with zero attached hydrogens (tertiary/aromatic N) is 1. The summed E-state index contributed by atoms with van der Waals surface area (Å²) in [5.41, 5.74) is 7.33. The molecule has 1 unspecified atom stereocenters. The first-order valence-corrected chi connectivity index (χ1v) is 6.41. The predicted molar refractivity (Wildman–Crippen MR) is 71.8 cm³/mol. The fraction of sp³-hybridized carbons (Fsp3) is 0.571. The van der Waals surface area contributed by atoms with Crippen molar-refractivity contribution in [2.45, 2.75) is 25.8 Å². The average Bonchev–Trinajstić information content (AvgIpc) is 2.37. The maximum atomic E-state index is 8.97. The third-order valence-electron chi connectivity index (χ3n) is 2.94. The predicted octanol–water partition coefficient (Wildman–Crippen LogP) is 1.78. The zero-order valence-electron chi connectivity index (χ0n) is 10.7. The van der Waals surface area contributed by atoms with Gasteiger partial charge in [0, 0.05) is 19.1 Å². The minimum Gasteiger partial charge on any atom is -0.395 e. The number of rotatable bonds is 8. The molecule has 1 aromatic rings. The number of nitrogens with two attached hydrogens (primary N) is 1. The molecule has 0 fully saturated rings. The van der Waals surface area contributed by atoms with E-state index in [1.54, 1.807) is 0 Å². The van der Waals surface area contributed by atoms with Crippen molar-refractivity contribution < 1.29 is 5.11 Å². The van der Waals surface area contributed by atoms with Crippen LogP contribution in [-0.4, -0.2) is 36.2 Å². The van der Waals surface area contributed by atoms with Crippen LogP contribution >= 0.6 is 0 Å². The molecule has 3 heteroatoms. The molecule has 1 aromatic carbocycles. The lowest BCUT2D eigenvalue weighted by atomic mass is 10.0. The minimum absolute atomic E-state index is 0.0919. The van der Waals surface area contributed by atoms with Crippen LogP contribution in [0.3, 0.4) is 0 Å². The van der Waals surface area contributed by atoms with Crippen LogP contribution in [-0.2, 0) is 0 Å². The molecule has 0 aliphatic heterocycles. The highest BCUT2D eigenvalue weighted by atomic mass is 16.3. The van der Waals surface area contributed by atoms with Gasteiger partial charge in [-0.2, -0.15) is 0 Å². The lowest BCUT2D eigenvalue weighted by molar-refractivity contribution is 0.191. The van der Waals surface area contributed by atoms with Crippen molar-refractivity contribution in [1.29, 1.82) is 0 Å². The molecule has 96 valence electrons. The molecule has 0 saturated carbocycles. The van der Waals surface area contributed by atoms with Crippen molar-refractivity contribution >= 4 is 0 Å². The quantitative estimate of drug-likeness (QED) is 0.723. The van der Waals surface area contributed by atoms with Gasteiger partial charge in [-0.25, -0.2) is 0 Å². The number of aliphatic hydroxyl groups excluding tert-OH is 1. The Morgan fingerprint density at radius 3 is 2.47 bits per heavy atom. The van der Waals surface area contributed by atoms with Crippen molar-refractivity contribution in [3.63, 3.8) is 0 Å². The molecule has 0 amide bonds. The van der Waals surface area contributed by atoms with E-state index < -0.39 is 0 Å². The van der Waals surface area contributed by atoms with Gasteiger partial charge in [0.15, 0.2) is 0 Å². The molecule has 17 heavy (non-hydrogen) atoms. The molecule has 0 aromatic heterocycles. The molecule has 0 heterocycles. The molecule has 0 aliphatic carbocycles. The molecule has 0 bridgehead atoms. The number of hydrogen-bond donors (Lipinski definition) is 2. The zero-order chi connectivity index (χ0) is 12.5. The SMILES string of the molecule is CCCN(CCO)CCC(N)c1ccccc1. The Hall–Kier alpha value is -0.900. The largest absolute Gasteiger partial charge is 0.395 e. The van der Waals surface area contributed by atoms with Gasteiger partial charge in [0.2, 0.25) is 0 Å². The molecule has 0 radical (unpaired) electrons. The normalized spacial score (nSPS) is 12.9. The van der Waals surface area contributed by atoms with E-state index in [2.05, 4.69) is 24.0 Å². The molecule has 1 atom stereocenters. The number of aliphatic hydroxyl groups is 1. The average molecular weight is 236 g/mol. The maximum Gasteiger partial charge on any atom is 0.0558 e. The van der Waals surface area contributed by atoms with Crippen LogP contribution in [0.4, 0.5) is 0 Å². The Labute approximate surface area is 104 Å². The summed E-state index contributed by atoms with van der Waals surface area (Å²) in [7, 11) is 0. The first kappa shape index (κ1) is 14.2. The maximum absolute atomic E-state index is 8.97. The third-order valence-corrected chi connectivity index (χ3v) is 2.94. The Balaban J connectivity index is 2.38. The summed E-state index contributed by atoms with van der Waals surface area (Å²) in [4.78, 5) is 2.27. The van der Waals surface area contributed by atoms with Crippen LogP contribution in [0.15, 0.2) is 30.3 Å². The number of hydrogen-bond acceptors (Lipinski definition) is 3. The van der Waals surface area contributed by atoms with Crippen LogP contribution in [0.2, 0.25) is 0 Å². The van der Waals surface area contributed by atoms with Crippen LogP contribution in [0.1, 0.15) is 31.4 Å². The lowest BCUT2D eigenvalue weighted by Gasteiger charge is -2.22. The van der Waals surface area contributed by atoms with E-state index in [0.717, 1.165) is 32.5 Å². The summed E-state index contributed by atoms with van der Waals surface area (Å²) in [5.74, 6) is 0. The van der Waals surface area contributed by atoms with Crippen LogP contribution in [0.5, 0.6) is 0 Å². The fourth-order valence-electron chi connectivity index (χ4n) is 1.98. The Morgan fingerprint density at radius 2 is 1.88 bits per heavy atom. The Bertz CT molecular complexity index is 284. The monoisotopic (exact) mass is 236 g/mol. The summed E-state index contributed by atoms with van der Waals surface area (Å²) in [6.07, 6.45) is 2.05. The van der Waals surface area contributed by atoms with Crippen molar-refractivity contribution in [3.8, 4) is 0 Å². The smallest absolute Gasteiger partial charge is 0.0558 e. The van der Waals surface area contributed by atoms with E-state index in [1.807, 2.05) is 18.2 Å². The van der Waals surface area contributed by atoms with Crippen LogP contribution in [0.25, 0.3) is 0 Å². The second-order valence-corrected chi connectivity index (χ2v) is 4.37. The molecule has 3 nitrogen and oxygen atoms in total. The molecule has 0 aliphatic rings. The first-order valence-electron chi connectivity index (χ1n) is 6.41. The highest BCUT2D eigenvalue weighted by molar-refractivity contribution is 5.18. The molecule has 1 rings (SSSR count). The van der Waals surface area contributed by atoms with Gasteiger partial charge in [-0.05, 0) is 24.9 Å². The summed E-state index contributed by atoms with van der Waals surface area (Å²) < 4.78 is 0. The zero-order valence-corrected chi connectivity index (χ0v) is 10.7. The van der Waals surface area contributed by atoms with Crippen molar-refractivity contribution in [2.75, 3.05) is 26.2 Å². The van der Waals surface area contributed by atoms with Crippen molar-refractivity contribution in [3.05, 3.63) is 35.9 Å². The van der Waals surface area contributed by atoms with Gasteiger partial charge in [-0.15, -0.1) is 0 Å². The lowest BCUT2D eigenvalue weighted by Crippen LogP contribution is -2.30. The molecular weight excluding hydrogens is 212 g/mol. The van der Waals surface area contributed by atoms with Gasteiger partial charge in [0.1, 0.15) is 0 Å². The summed E-state index contributed by atoms with van der Waals surface area (Å²) in [6, 6.07) is 10.3.